The van der Waals surface area contributed by atoms with E-state index < -0.39 is 52.9 Å². The van der Waals surface area contributed by atoms with Crippen LogP contribution < -0.4 is 16.8 Å². The van der Waals surface area contributed by atoms with Gasteiger partial charge in [-0.3, -0.25) is 14.5 Å². The van der Waals surface area contributed by atoms with Crippen LogP contribution >= 0.6 is 35.1 Å². The second-order valence-corrected chi connectivity index (χ2v) is 12.1. The Hall–Kier alpha value is -3.82. The van der Waals surface area contributed by atoms with Gasteiger partial charge in [-0.15, -0.1) is 16.9 Å². The molecule has 18 nitrogen and oxygen atoms in total. The highest BCUT2D eigenvalue weighted by Crippen LogP contribution is 2.41. The third-order valence-electron chi connectivity index (χ3n) is 5.96. The summed E-state index contributed by atoms with van der Waals surface area (Å²) in [5.41, 5.74) is 11.0. The number of hydrogen-bond donors (Lipinski definition) is 5. The number of fused-ring (bicyclic) bond motifs is 1. The second-order valence-electron chi connectivity index (χ2n) is 9.24. The van der Waals surface area contributed by atoms with Crippen LogP contribution in [0.25, 0.3) is 0 Å². The summed E-state index contributed by atoms with van der Waals surface area (Å²) < 4.78 is 5.52. The number of amides is 2. The third kappa shape index (κ3) is 6.63. The Bertz CT molecular complexity index is 1430. The molecule has 0 saturated carbocycles. The number of nitrogens with zero attached hydrogens (tertiary/aromatic N) is 8. The first kappa shape index (κ1) is 31.1. The Labute approximate surface area is 250 Å². The van der Waals surface area contributed by atoms with Crippen molar-refractivity contribution in [1.82, 2.24) is 39.8 Å². The number of nitrogen functional groups attached to an aromatic ring is 1. The van der Waals surface area contributed by atoms with Crippen LogP contribution in [0.4, 0.5) is 5.13 Å². The SMILES string of the molecule is CC(C)C(ON=C(C(=O)NC1C(=O)N2C(C(=O)O)=C(CSc3nnnn3CCCN)CS[C@H]12)c1nsc(N)n1)C(=O)O. The van der Waals surface area contributed by atoms with Crippen LogP contribution in [0, 0.1) is 5.92 Å². The molecule has 7 N–H and O–H groups in total. The molecule has 21 heteroatoms. The second kappa shape index (κ2) is 13.4. The normalized spacial score (nSPS) is 19.4. The van der Waals surface area contributed by atoms with Crippen molar-refractivity contribution in [3.8, 4) is 0 Å². The number of tetrazole rings is 1. The van der Waals surface area contributed by atoms with Crippen LogP contribution in [-0.4, -0.2) is 110 Å². The number of nitrogens with one attached hydrogen (secondary N) is 1. The average molecular weight is 642 g/mol. The highest BCUT2D eigenvalue weighted by Gasteiger charge is 2.54. The Morgan fingerprint density at radius 1 is 1.31 bits per heavy atom. The van der Waals surface area contributed by atoms with Crippen molar-refractivity contribution in [2.75, 3.05) is 23.8 Å². The van der Waals surface area contributed by atoms with Crippen LogP contribution in [0.2, 0.25) is 0 Å². The van der Waals surface area contributed by atoms with E-state index in [2.05, 4.69) is 35.4 Å². The minimum absolute atomic E-state index is 0.0212. The van der Waals surface area contributed by atoms with Gasteiger partial charge in [-0.1, -0.05) is 30.8 Å². The van der Waals surface area contributed by atoms with Gasteiger partial charge < -0.3 is 31.8 Å². The van der Waals surface area contributed by atoms with Crippen molar-refractivity contribution in [3.05, 3.63) is 17.1 Å². The molecule has 2 unspecified atom stereocenters. The van der Waals surface area contributed by atoms with E-state index in [-0.39, 0.29) is 28.2 Å². The van der Waals surface area contributed by atoms with Crippen LogP contribution in [0.5, 0.6) is 0 Å². The van der Waals surface area contributed by atoms with Gasteiger partial charge >= 0.3 is 11.9 Å². The molecule has 1 fully saturated rings. The summed E-state index contributed by atoms with van der Waals surface area (Å²) >= 11 is 3.29. The van der Waals surface area contributed by atoms with Crippen LogP contribution in [0.15, 0.2) is 21.6 Å². The molecule has 2 aromatic rings. The molecule has 0 spiro atoms. The summed E-state index contributed by atoms with van der Waals surface area (Å²) in [6, 6.07) is -1.10. The Morgan fingerprint density at radius 2 is 2.07 bits per heavy atom. The molecule has 0 aromatic carbocycles. The lowest BCUT2D eigenvalue weighted by atomic mass is 10.0. The molecular weight excluding hydrogens is 615 g/mol. The van der Waals surface area contributed by atoms with Crippen LogP contribution in [0.1, 0.15) is 26.1 Å². The van der Waals surface area contributed by atoms with Gasteiger partial charge in [-0.05, 0) is 29.0 Å². The fraction of sp³-hybridized carbons (Fsp3) is 0.524. The topological polar surface area (TPSA) is 267 Å². The molecule has 2 aromatic heterocycles. The lowest BCUT2D eigenvalue weighted by molar-refractivity contribution is -0.153. The van der Waals surface area contributed by atoms with E-state index in [1.165, 1.54) is 23.5 Å². The number of aromatic nitrogens is 6. The zero-order chi connectivity index (χ0) is 30.6. The maximum atomic E-state index is 13.2. The van der Waals surface area contributed by atoms with E-state index in [9.17, 15) is 29.4 Å². The number of carbonyl (C=O) groups is 4. The van der Waals surface area contributed by atoms with E-state index in [0.717, 1.165) is 16.4 Å². The predicted molar refractivity (Wildman–Crippen MR) is 150 cm³/mol. The Balaban J connectivity index is 1.50. The number of carboxylic acids is 2. The maximum absolute atomic E-state index is 13.2. The molecule has 3 atom stereocenters. The number of aryl methyl sites for hydroxylation is 1. The molecule has 4 heterocycles. The van der Waals surface area contributed by atoms with Crippen molar-refractivity contribution < 1.29 is 34.2 Å². The van der Waals surface area contributed by atoms with Crippen molar-refractivity contribution in [1.29, 1.82) is 0 Å². The zero-order valence-electron chi connectivity index (χ0n) is 22.2. The van der Waals surface area contributed by atoms with Gasteiger partial charge in [-0.2, -0.15) is 9.36 Å². The zero-order valence-corrected chi connectivity index (χ0v) is 24.7. The summed E-state index contributed by atoms with van der Waals surface area (Å²) in [7, 11) is 0. The molecular formula is C21H27N11O7S3. The number of carboxylic acid groups (broad SMARTS) is 2. The summed E-state index contributed by atoms with van der Waals surface area (Å²) in [6.07, 6.45) is -0.708. The molecule has 42 heavy (non-hydrogen) atoms. The first-order valence-electron chi connectivity index (χ1n) is 12.4. The van der Waals surface area contributed by atoms with Crippen LogP contribution in [0.3, 0.4) is 0 Å². The van der Waals surface area contributed by atoms with E-state index >= 15 is 0 Å². The first-order chi connectivity index (χ1) is 20.0. The van der Waals surface area contributed by atoms with Crippen molar-refractivity contribution in [3.63, 3.8) is 0 Å². The molecule has 2 aliphatic rings. The van der Waals surface area contributed by atoms with Gasteiger partial charge in [0.15, 0.2) is 5.13 Å². The summed E-state index contributed by atoms with van der Waals surface area (Å²) in [6.45, 7) is 4.16. The smallest absolute Gasteiger partial charge is 0.352 e. The van der Waals surface area contributed by atoms with Gasteiger partial charge in [0.1, 0.15) is 17.1 Å². The van der Waals surface area contributed by atoms with E-state index in [4.69, 9.17) is 16.3 Å². The number of anilines is 1. The first-order valence-corrected chi connectivity index (χ1v) is 15.2. The number of carbonyl (C=O) groups excluding carboxylic acids is 2. The molecule has 0 bridgehead atoms. The number of β-lactam (4-membered cyclic amide) rings is 1. The van der Waals surface area contributed by atoms with E-state index in [1.807, 2.05) is 0 Å². The fourth-order valence-electron chi connectivity index (χ4n) is 3.91. The minimum atomic E-state index is -1.37. The number of aliphatic carboxylic acids is 2. The average Bonchev–Trinajstić information content (AvgIpc) is 3.58. The standard InChI is InChI=1S/C21H27N11O7S3/c1-8(2)13(19(37)38)39-27-10(14-25-20(23)42-28-14)15(33)24-11-16(34)32-12(18(35)36)9(6-40-17(11)32)7-41-21-26-29-30-31(21)5-3-4-22/h8,11,13,17H,3-7,22H2,1-2H3,(H,24,33)(H,35,36)(H,37,38)(H2,23,25,28)/t11?,13?,17-/m1/s1. The number of rotatable bonds is 14. The van der Waals surface area contributed by atoms with Gasteiger partial charge in [0, 0.05) is 35.5 Å². The Morgan fingerprint density at radius 3 is 2.69 bits per heavy atom. The molecule has 4 rings (SSSR count). The van der Waals surface area contributed by atoms with Gasteiger partial charge in [0.25, 0.3) is 11.8 Å². The number of hydrogen-bond acceptors (Lipinski definition) is 16. The lowest BCUT2D eigenvalue weighted by Gasteiger charge is -2.49. The largest absolute Gasteiger partial charge is 0.478 e. The molecule has 0 radical (unpaired) electrons. The number of thioether (sulfide) groups is 2. The monoisotopic (exact) mass is 641 g/mol. The summed E-state index contributed by atoms with van der Waals surface area (Å²) in [5, 5.41) is 36.9. The van der Waals surface area contributed by atoms with E-state index in [0.29, 0.717) is 30.2 Å². The lowest BCUT2D eigenvalue weighted by Crippen LogP contribution is -2.71. The molecule has 0 aliphatic carbocycles. The minimum Gasteiger partial charge on any atom is -0.478 e. The fourth-order valence-corrected chi connectivity index (χ4v) is 6.74. The number of nitrogens with two attached hydrogens (primary N) is 2. The van der Waals surface area contributed by atoms with Crippen LogP contribution in [-0.2, 0) is 30.6 Å². The molecule has 2 aliphatic heterocycles. The van der Waals surface area contributed by atoms with Crippen molar-refractivity contribution >= 4 is 69.7 Å². The maximum Gasteiger partial charge on any atom is 0.352 e. The predicted octanol–water partition coefficient (Wildman–Crippen LogP) is -1.18. The van der Waals surface area contributed by atoms with Crippen molar-refractivity contribution in [2.45, 2.75) is 49.5 Å². The third-order valence-corrected chi connectivity index (χ3v) is 8.89. The number of oxime groups is 1. The molecule has 2 amide bonds. The molecule has 1 saturated heterocycles. The van der Waals surface area contributed by atoms with Gasteiger partial charge in [0.2, 0.25) is 22.8 Å². The summed E-state index contributed by atoms with van der Waals surface area (Å²) in [4.78, 5) is 60.3. The Kier molecular flexibility index (Phi) is 9.96. The quantitative estimate of drug-likeness (QED) is 0.0702. The summed E-state index contributed by atoms with van der Waals surface area (Å²) in [5.74, 6) is -4.38. The van der Waals surface area contributed by atoms with Gasteiger partial charge in [-0.25, -0.2) is 14.3 Å². The highest BCUT2D eigenvalue weighted by atomic mass is 32.2. The highest BCUT2D eigenvalue weighted by molar-refractivity contribution is 8.01. The molecule has 226 valence electrons. The van der Waals surface area contributed by atoms with Crippen molar-refractivity contribution in [2.24, 2.45) is 16.8 Å². The van der Waals surface area contributed by atoms with Gasteiger partial charge in [0.05, 0.1) is 0 Å². The van der Waals surface area contributed by atoms with E-state index in [1.54, 1.807) is 18.5 Å².